The van der Waals surface area contributed by atoms with Crippen molar-refractivity contribution in [3.8, 4) is 0 Å². The largest absolute Gasteiger partial charge is 0.466 e. The summed E-state index contributed by atoms with van der Waals surface area (Å²) in [5, 5.41) is 3.53. The molecule has 0 aliphatic rings. The van der Waals surface area contributed by atoms with E-state index in [9.17, 15) is 0 Å². The van der Waals surface area contributed by atoms with Crippen molar-refractivity contribution in [2.75, 3.05) is 6.54 Å². The number of aromatic nitrogens is 1. The van der Waals surface area contributed by atoms with E-state index in [-0.39, 0.29) is 6.04 Å². The van der Waals surface area contributed by atoms with E-state index in [0.29, 0.717) is 0 Å². The summed E-state index contributed by atoms with van der Waals surface area (Å²) in [6.07, 6.45) is 2.79. The second-order valence-electron chi connectivity index (χ2n) is 4.70. The highest BCUT2D eigenvalue weighted by atomic mass is 79.9. The molecule has 3 nitrogen and oxygen atoms in total. The monoisotopic (exact) mass is 322 g/mol. The van der Waals surface area contributed by atoms with E-state index in [1.807, 2.05) is 19.9 Å². The summed E-state index contributed by atoms with van der Waals surface area (Å²) in [6.45, 7) is 7.14. The summed E-state index contributed by atoms with van der Waals surface area (Å²) in [5.74, 6) is 0.915. The molecule has 102 valence electrons. The average molecular weight is 323 g/mol. The lowest BCUT2D eigenvalue weighted by Crippen LogP contribution is -2.23. The topological polar surface area (TPSA) is 38.1 Å². The van der Waals surface area contributed by atoms with Gasteiger partial charge in [0.15, 0.2) is 0 Å². The molecule has 0 radical (unpaired) electrons. The van der Waals surface area contributed by atoms with Gasteiger partial charge in [0.05, 0.1) is 16.8 Å². The highest BCUT2D eigenvalue weighted by molar-refractivity contribution is 9.10. The first-order valence-corrected chi connectivity index (χ1v) is 7.32. The molecule has 4 heteroatoms. The first-order valence-electron chi connectivity index (χ1n) is 6.53. The van der Waals surface area contributed by atoms with E-state index < -0.39 is 0 Å². The van der Waals surface area contributed by atoms with Crippen molar-refractivity contribution < 1.29 is 4.42 Å². The van der Waals surface area contributed by atoms with Gasteiger partial charge in [-0.25, -0.2) is 0 Å². The van der Waals surface area contributed by atoms with Gasteiger partial charge in [0, 0.05) is 11.4 Å². The van der Waals surface area contributed by atoms with Crippen LogP contribution in [0.4, 0.5) is 0 Å². The highest BCUT2D eigenvalue weighted by Crippen LogP contribution is 2.30. The molecule has 0 spiro atoms. The maximum absolute atomic E-state index is 5.63. The highest BCUT2D eigenvalue weighted by Gasteiger charge is 2.20. The van der Waals surface area contributed by atoms with Crippen LogP contribution in [0.3, 0.4) is 0 Å². The number of hydrogen-bond donors (Lipinski definition) is 1. The van der Waals surface area contributed by atoms with E-state index in [1.165, 1.54) is 5.56 Å². The average Bonchev–Trinajstić information content (AvgIpc) is 2.75. The zero-order valence-electron chi connectivity index (χ0n) is 11.5. The van der Waals surface area contributed by atoms with Crippen molar-refractivity contribution in [1.82, 2.24) is 10.3 Å². The minimum Gasteiger partial charge on any atom is -0.466 e. The number of halogens is 1. The quantitative estimate of drug-likeness (QED) is 0.898. The summed E-state index contributed by atoms with van der Waals surface area (Å²) in [6, 6.07) is 6.20. The second kappa shape index (κ2) is 6.35. The summed E-state index contributed by atoms with van der Waals surface area (Å²) in [5.41, 5.74) is 3.25. The van der Waals surface area contributed by atoms with Crippen LogP contribution in [0.5, 0.6) is 0 Å². The first-order chi connectivity index (χ1) is 9.11. The Hall–Kier alpha value is -1.13. The summed E-state index contributed by atoms with van der Waals surface area (Å²) in [4.78, 5) is 4.43. The van der Waals surface area contributed by atoms with E-state index in [0.717, 1.165) is 34.6 Å². The molecule has 0 aliphatic heterocycles. The molecule has 19 heavy (non-hydrogen) atoms. The van der Waals surface area contributed by atoms with Crippen molar-refractivity contribution in [3.05, 3.63) is 51.6 Å². The van der Waals surface area contributed by atoms with Crippen LogP contribution in [-0.4, -0.2) is 11.5 Å². The summed E-state index contributed by atoms with van der Waals surface area (Å²) < 4.78 is 6.62. The molecule has 0 amide bonds. The van der Waals surface area contributed by atoms with Gasteiger partial charge in [-0.2, -0.15) is 0 Å². The van der Waals surface area contributed by atoms with Gasteiger partial charge in [-0.1, -0.05) is 6.92 Å². The normalized spacial score (nSPS) is 12.6. The van der Waals surface area contributed by atoms with Crippen LogP contribution in [-0.2, 0) is 0 Å². The number of hydrogen-bond acceptors (Lipinski definition) is 3. The molecule has 1 N–H and O–H groups in total. The third kappa shape index (κ3) is 3.45. The number of pyridine rings is 1. The summed E-state index contributed by atoms with van der Waals surface area (Å²) in [7, 11) is 0. The molecular weight excluding hydrogens is 304 g/mol. The van der Waals surface area contributed by atoms with Gasteiger partial charge in [-0.05, 0) is 66.5 Å². The van der Waals surface area contributed by atoms with Crippen LogP contribution in [0.25, 0.3) is 0 Å². The minimum atomic E-state index is 0.0599. The number of furan rings is 1. The Labute approximate surface area is 122 Å². The van der Waals surface area contributed by atoms with Gasteiger partial charge in [-0.15, -0.1) is 0 Å². The van der Waals surface area contributed by atoms with E-state index in [1.54, 1.807) is 6.26 Å². The Bertz CT molecular complexity index is 531. The molecule has 0 aliphatic carbocycles. The predicted molar refractivity (Wildman–Crippen MR) is 80.3 cm³/mol. The summed E-state index contributed by atoms with van der Waals surface area (Å²) >= 11 is 3.54. The fraction of sp³-hybridized carbons (Fsp3) is 0.400. The van der Waals surface area contributed by atoms with Crippen LogP contribution in [0, 0.1) is 13.8 Å². The van der Waals surface area contributed by atoms with Crippen molar-refractivity contribution in [3.63, 3.8) is 0 Å². The van der Waals surface area contributed by atoms with E-state index >= 15 is 0 Å². The molecule has 2 aromatic heterocycles. The molecule has 0 saturated carbocycles. The zero-order chi connectivity index (χ0) is 13.8. The molecular formula is C15H19BrN2O. The molecule has 2 aromatic rings. The van der Waals surface area contributed by atoms with Crippen LogP contribution in [0.2, 0.25) is 0 Å². The lowest BCUT2D eigenvalue weighted by Gasteiger charge is -2.18. The molecule has 1 unspecified atom stereocenters. The van der Waals surface area contributed by atoms with E-state index in [4.69, 9.17) is 4.42 Å². The van der Waals surface area contributed by atoms with Crippen LogP contribution >= 0.6 is 15.9 Å². The number of rotatable bonds is 5. The molecule has 0 fully saturated rings. The van der Waals surface area contributed by atoms with Crippen molar-refractivity contribution in [2.24, 2.45) is 0 Å². The van der Waals surface area contributed by atoms with Crippen LogP contribution in [0.1, 0.15) is 42.1 Å². The van der Waals surface area contributed by atoms with Gasteiger partial charge < -0.3 is 9.73 Å². The molecule has 2 rings (SSSR count). The van der Waals surface area contributed by atoms with Crippen LogP contribution in [0.15, 0.2) is 33.4 Å². The Morgan fingerprint density at radius 3 is 2.53 bits per heavy atom. The SMILES string of the molecule is CCCNC(c1cc(C)nc(C)c1)c1occc1Br. The number of aryl methyl sites for hydroxylation is 2. The molecule has 2 heterocycles. The Balaban J connectivity index is 2.39. The predicted octanol–water partition coefficient (Wildman–Crippen LogP) is 4.14. The van der Waals surface area contributed by atoms with Crippen molar-refractivity contribution >= 4 is 15.9 Å². The Morgan fingerprint density at radius 1 is 1.32 bits per heavy atom. The van der Waals surface area contributed by atoms with Crippen molar-refractivity contribution in [2.45, 2.75) is 33.2 Å². The van der Waals surface area contributed by atoms with E-state index in [2.05, 4.69) is 45.3 Å². The second-order valence-corrected chi connectivity index (χ2v) is 5.56. The molecule has 1 atom stereocenters. The lowest BCUT2D eigenvalue weighted by atomic mass is 10.0. The van der Waals surface area contributed by atoms with Crippen molar-refractivity contribution in [1.29, 1.82) is 0 Å². The van der Waals surface area contributed by atoms with Gasteiger partial charge in [0.1, 0.15) is 5.76 Å². The Morgan fingerprint density at radius 2 is 2.00 bits per heavy atom. The Kier molecular flexibility index (Phi) is 4.77. The van der Waals surface area contributed by atoms with Crippen LogP contribution < -0.4 is 5.32 Å². The third-order valence-electron chi connectivity index (χ3n) is 2.94. The minimum absolute atomic E-state index is 0.0599. The molecule has 0 bridgehead atoms. The fourth-order valence-corrected chi connectivity index (χ4v) is 2.63. The lowest BCUT2D eigenvalue weighted by molar-refractivity contribution is 0.444. The third-order valence-corrected chi connectivity index (χ3v) is 3.60. The van der Waals surface area contributed by atoms with Gasteiger partial charge in [-0.3, -0.25) is 4.98 Å². The smallest absolute Gasteiger partial charge is 0.139 e. The standard InChI is InChI=1S/C15H19BrN2O/c1-4-6-17-14(15-13(16)5-7-19-15)12-8-10(2)18-11(3)9-12/h5,7-9,14,17H,4,6H2,1-3H3. The number of nitrogens with one attached hydrogen (secondary N) is 1. The first kappa shape index (κ1) is 14.3. The number of nitrogens with zero attached hydrogens (tertiary/aromatic N) is 1. The van der Waals surface area contributed by atoms with Gasteiger partial charge in [0.2, 0.25) is 0 Å². The maximum Gasteiger partial charge on any atom is 0.139 e. The van der Waals surface area contributed by atoms with Gasteiger partial charge >= 0.3 is 0 Å². The molecule has 0 saturated heterocycles. The fourth-order valence-electron chi connectivity index (χ4n) is 2.20. The zero-order valence-corrected chi connectivity index (χ0v) is 13.1. The van der Waals surface area contributed by atoms with Gasteiger partial charge in [0.25, 0.3) is 0 Å². The molecule has 0 aromatic carbocycles. The maximum atomic E-state index is 5.63.